The maximum absolute atomic E-state index is 12.1. The molecule has 8 heteroatoms. The summed E-state index contributed by atoms with van der Waals surface area (Å²) < 4.78 is 1.57. The Bertz CT molecular complexity index is 611. The maximum atomic E-state index is 12.1. The molecular formula is C10H12N6O2. The monoisotopic (exact) mass is 248 g/mol. The van der Waals surface area contributed by atoms with Crippen LogP contribution in [0, 0.1) is 0 Å². The molecule has 0 unspecified atom stereocenters. The van der Waals surface area contributed by atoms with Crippen molar-refractivity contribution in [2.45, 2.75) is 13.0 Å². The quantitative estimate of drug-likeness (QED) is 0.675. The summed E-state index contributed by atoms with van der Waals surface area (Å²) >= 11 is 0. The van der Waals surface area contributed by atoms with Crippen molar-refractivity contribution in [1.82, 2.24) is 29.9 Å². The van der Waals surface area contributed by atoms with Gasteiger partial charge in [0.2, 0.25) is 0 Å². The summed E-state index contributed by atoms with van der Waals surface area (Å²) in [6.07, 6.45) is 2.11. The summed E-state index contributed by atoms with van der Waals surface area (Å²) in [6, 6.07) is 1.64. The Labute approximate surface area is 102 Å². The molecule has 8 nitrogen and oxygen atoms in total. The fraction of sp³-hybridized carbons (Fsp3) is 0.400. The molecule has 94 valence electrons. The second-order valence-corrected chi connectivity index (χ2v) is 4.11. The van der Waals surface area contributed by atoms with Crippen LogP contribution in [-0.2, 0) is 13.0 Å². The van der Waals surface area contributed by atoms with Crippen LogP contribution in [0.5, 0.6) is 0 Å². The first-order chi connectivity index (χ1) is 8.75. The summed E-state index contributed by atoms with van der Waals surface area (Å²) in [5, 5.41) is 12.8. The van der Waals surface area contributed by atoms with Gasteiger partial charge in [0.05, 0.1) is 0 Å². The Hall–Kier alpha value is -2.38. The van der Waals surface area contributed by atoms with Crippen LogP contribution in [0.4, 0.5) is 0 Å². The first-order valence-electron chi connectivity index (χ1n) is 5.68. The fourth-order valence-corrected chi connectivity index (χ4v) is 2.09. The number of hydrogen-bond donors (Lipinski definition) is 2. The van der Waals surface area contributed by atoms with Crippen LogP contribution in [0.25, 0.3) is 0 Å². The first-order valence-corrected chi connectivity index (χ1v) is 5.68. The molecule has 3 rings (SSSR count). The van der Waals surface area contributed by atoms with Crippen LogP contribution in [0.1, 0.15) is 16.3 Å². The van der Waals surface area contributed by atoms with Crippen LogP contribution < -0.4 is 5.69 Å². The minimum Gasteiger partial charge on any atom is -0.335 e. The minimum atomic E-state index is -0.221. The van der Waals surface area contributed by atoms with Gasteiger partial charge < -0.3 is 4.90 Å². The largest absolute Gasteiger partial charge is 0.343 e. The lowest BCUT2D eigenvalue weighted by Gasteiger charge is -2.18. The second-order valence-electron chi connectivity index (χ2n) is 4.11. The summed E-state index contributed by atoms with van der Waals surface area (Å²) in [5.41, 5.74) is 0.240. The molecule has 2 aromatic heterocycles. The number of aromatic nitrogens is 5. The molecule has 0 saturated carbocycles. The summed E-state index contributed by atoms with van der Waals surface area (Å²) in [4.78, 5) is 25.3. The molecule has 3 heterocycles. The van der Waals surface area contributed by atoms with Crippen molar-refractivity contribution in [3.05, 3.63) is 34.3 Å². The van der Waals surface area contributed by atoms with E-state index in [1.54, 1.807) is 21.7 Å². The number of carbonyl (C=O) groups is 1. The summed E-state index contributed by atoms with van der Waals surface area (Å²) in [7, 11) is 0. The summed E-state index contributed by atoms with van der Waals surface area (Å²) in [5.74, 6) is 0.592. The van der Waals surface area contributed by atoms with Gasteiger partial charge in [-0.2, -0.15) is 10.2 Å². The van der Waals surface area contributed by atoms with Crippen molar-refractivity contribution >= 4 is 5.91 Å². The fourth-order valence-electron chi connectivity index (χ4n) is 2.09. The molecule has 18 heavy (non-hydrogen) atoms. The minimum absolute atomic E-state index is 0.102. The van der Waals surface area contributed by atoms with Crippen molar-refractivity contribution in [2.24, 2.45) is 0 Å². The van der Waals surface area contributed by atoms with Crippen LogP contribution in [0.3, 0.4) is 0 Å². The van der Waals surface area contributed by atoms with Crippen LogP contribution in [0.15, 0.2) is 17.1 Å². The van der Waals surface area contributed by atoms with Crippen LogP contribution >= 0.6 is 0 Å². The van der Waals surface area contributed by atoms with Crippen LogP contribution in [0.2, 0.25) is 0 Å². The lowest BCUT2D eigenvalue weighted by atomic mass is 10.3. The Balaban J connectivity index is 1.79. The molecule has 0 aliphatic carbocycles. The van der Waals surface area contributed by atoms with Gasteiger partial charge in [0.1, 0.15) is 11.5 Å². The predicted octanol–water partition coefficient (Wildman–Crippen LogP) is -1.01. The average molecular weight is 248 g/mol. The Morgan fingerprint density at radius 1 is 1.28 bits per heavy atom. The second kappa shape index (κ2) is 4.13. The van der Waals surface area contributed by atoms with E-state index in [1.165, 1.54) is 0 Å². The van der Waals surface area contributed by atoms with E-state index in [0.29, 0.717) is 37.6 Å². The van der Waals surface area contributed by atoms with Gasteiger partial charge in [0.15, 0.2) is 0 Å². The van der Waals surface area contributed by atoms with Crippen molar-refractivity contribution in [3.63, 3.8) is 0 Å². The van der Waals surface area contributed by atoms with Gasteiger partial charge in [-0.15, -0.1) is 0 Å². The number of carbonyl (C=O) groups excluding carboxylic acids is 1. The van der Waals surface area contributed by atoms with E-state index in [1.807, 2.05) is 0 Å². The maximum Gasteiger partial charge on any atom is 0.343 e. The molecule has 0 saturated heterocycles. The van der Waals surface area contributed by atoms with Gasteiger partial charge in [0, 0.05) is 32.3 Å². The smallest absolute Gasteiger partial charge is 0.335 e. The van der Waals surface area contributed by atoms with Crippen molar-refractivity contribution in [1.29, 1.82) is 0 Å². The van der Waals surface area contributed by atoms with Gasteiger partial charge in [-0.1, -0.05) is 0 Å². The molecule has 0 spiro atoms. The van der Waals surface area contributed by atoms with Crippen molar-refractivity contribution < 1.29 is 4.79 Å². The van der Waals surface area contributed by atoms with E-state index in [2.05, 4.69) is 20.4 Å². The molecule has 0 fully saturated rings. The number of aromatic amines is 2. The highest BCUT2D eigenvalue weighted by Crippen LogP contribution is 2.07. The van der Waals surface area contributed by atoms with E-state index >= 15 is 0 Å². The number of hydrogen-bond acceptors (Lipinski definition) is 4. The van der Waals surface area contributed by atoms with E-state index in [-0.39, 0.29) is 11.6 Å². The average Bonchev–Trinajstić information content (AvgIpc) is 2.95. The Morgan fingerprint density at radius 3 is 2.94 bits per heavy atom. The SMILES string of the molecule is O=C(c1ccn[nH]1)N1CCc2n[nH]c(=O)n2CC1. The van der Waals surface area contributed by atoms with Gasteiger partial charge in [-0.3, -0.25) is 14.5 Å². The molecule has 0 bridgehead atoms. The zero-order chi connectivity index (χ0) is 12.5. The molecule has 1 aliphatic heterocycles. The molecule has 0 atom stereocenters. The number of rotatable bonds is 1. The third-order valence-corrected chi connectivity index (χ3v) is 3.05. The zero-order valence-electron chi connectivity index (χ0n) is 9.59. The lowest BCUT2D eigenvalue weighted by molar-refractivity contribution is 0.0753. The predicted molar refractivity (Wildman–Crippen MR) is 61.0 cm³/mol. The third-order valence-electron chi connectivity index (χ3n) is 3.05. The highest BCUT2D eigenvalue weighted by atomic mass is 16.2. The highest BCUT2D eigenvalue weighted by molar-refractivity contribution is 5.92. The van der Waals surface area contributed by atoms with E-state index < -0.39 is 0 Å². The number of fused-ring (bicyclic) bond motifs is 1. The molecular weight excluding hydrogens is 236 g/mol. The molecule has 1 aliphatic rings. The molecule has 0 aromatic carbocycles. The number of amides is 1. The standard InChI is InChI=1S/C10H12N6O2/c17-9(7-1-3-11-12-7)15-4-2-8-13-14-10(18)16(8)6-5-15/h1,3H,2,4-6H2,(H,11,12)(H,14,18). The number of nitrogens with zero attached hydrogens (tertiary/aromatic N) is 4. The Morgan fingerprint density at radius 2 is 2.17 bits per heavy atom. The van der Waals surface area contributed by atoms with Gasteiger partial charge in [-0.25, -0.2) is 9.89 Å². The zero-order valence-corrected chi connectivity index (χ0v) is 9.59. The lowest BCUT2D eigenvalue weighted by Crippen LogP contribution is -2.34. The Kier molecular flexibility index (Phi) is 2.47. The number of nitrogens with one attached hydrogen (secondary N) is 2. The van der Waals surface area contributed by atoms with Gasteiger partial charge in [-0.05, 0) is 6.07 Å². The molecule has 2 N–H and O–H groups in total. The summed E-state index contributed by atoms with van der Waals surface area (Å²) in [6.45, 7) is 1.50. The normalized spacial score (nSPS) is 15.2. The number of H-pyrrole nitrogens is 2. The van der Waals surface area contributed by atoms with Gasteiger partial charge in [0.25, 0.3) is 5.91 Å². The first kappa shape index (κ1) is 10.8. The third kappa shape index (κ3) is 1.71. The van der Waals surface area contributed by atoms with Crippen LogP contribution in [-0.4, -0.2) is 48.9 Å². The topological polar surface area (TPSA) is 99.7 Å². The molecule has 1 amide bonds. The highest BCUT2D eigenvalue weighted by Gasteiger charge is 2.22. The van der Waals surface area contributed by atoms with Gasteiger partial charge >= 0.3 is 5.69 Å². The van der Waals surface area contributed by atoms with Crippen molar-refractivity contribution in [2.75, 3.05) is 13.1 Å². The van der Waals surface area contributed by atoms with E-state index in [9.17, 15) is 9.59 Å². The van der Waals surface area contributed by atoms with Crippen molar-refractivity contribution in [3.8, 4) is 0 Å². The molecule has 0 radical (unpaired) electrons. The van der Waals surface area contributed by atoms with E-state index in [4.69, 9.17) is 0 Å². The molecule has 2 aromatic rings. The van der Waals surface area contributed by atoms with E-state index in [0.717, 1.165) is 0 Å².